The molecule has 2 aromatic rings. The van der Waals surface area contributed by atoms with Gasteiger partial charge in [0.1, 0.15) is 5.69 Å². The highest BCUT2D eigenvalue weighted by atomic mass is 16.1. The smallest absolute Gasteiger partial charge is 0.180 e. The van der Waals surface area contributed by atoms with Gasteiger partial charge < -0.3 is 0 Å². The van der Waals surface area contributed by atoms with E-state index in [1.807, 2.05) is 25.3 Å². The van der Waals surface area contributed by atoms with Crippen LogP contribution in [0.1, 0.15) is 86.6 Å². The molecule has 1 aromatic heterocycles. The molecular weight excluding hydrogens is 320 g/mol. The molecule has 0 spiro atoms. The molecule has 1 heterocycles. The van der Waals surface area contributed by atoms with E-state index in [2.05, 4.69) is 50.9 Å². The fourth-order valence-electron chi connectivity index (χ4n) is 2.98. The van der Waals surface area contributed by atoms with E-state index in [0.717, 1.165) is 24.2 Å². The van der Waals surface area contributed by atoms with Gasteiger partial charge in [-0.3, -0.25) is 9.79 Å². The molecule has 0 fully saturated rings. The van der Waals surface area contributed by atoms with Crippen molar-refractivity contribution in [1.82, 2.24) is 4.98 Å². The van der Waals surface area contributed by atoms with Crippen LogP contribution in [0.2, 0.25) is 0 Å². The number of ketones is 1. The molecule has 0 amide bonds. The van der Waals surface area contributed by atoms with Gasteiger partial charge in [0, 0.05) is 18.3 Å². The number of aryl methyl sites for hydroxylation is 1. The van der Waals surface area contributed by atoms with Gasteiger partial charge in [0.2, 0.25) is 0 Å². The van der Waals surface area contributed by atoms with E-state index in [-0.39, 0.29) is 5.78 Å². The Morgan fingerprint density at radius 1 is 1.04 bits per heavy atom. The minimum Gasteiger partial charge on any atom is -0.292 e. The largest absolute Gasteiger partial charge is 0.292 e. The zero-order valence-corrected chi connectivity index (χ0v) is 16.6. The molecule has 0 aliphatic rings. The second kappa shape index (κ2) is 9.42. The van der Waals surface area contributed by atoms with Crippen molar-refractivity contribution in [3.05, 3.63) is 58.9 Å². The fraction of sp³-hybridized carbons (Fsp3) is 0.435. The predicted molar refractivity (Wildman–Crippen MR) is 110 cm³/mol. The van der Waals surface area contributed by atoms with Crippen molar-refractivity contribution in [2.24, 2.45) is 4.99 Å². The van der Waals surface area contributed by atoms with Gasteiger partial charge in [0.15, 0.2) is 5.78 Å². The Morgan fingerprint density at radius 2 is 1.65 bits per heavy atom. The van der Waals surface area contributed by atoms with Crippen LogP contribution in [0.15, 0.2) is 41.4 Å². The average molecular weight is 351 g/mol. The molecule has 0 aliphatic heterocycles. The molecule has 3 nitrogen and oxygen atoms in total. The number of para-hydroxylation sites is 1. The quantitative estimate of drug-likeness (QED) is 0.417. The maximum absolute atomic E-state index is 11.8. The van der Waals surface area contributed by atoms with Crippen LogP contribution < -0.4 is 0 Å². The van der Waals surface area contributed by atoms with Crippen LogP contribution in [-0.4, -0.2) is 17.0 Å². The van der Waals surface area contributed by atoms with Crippen molar-refractivity contribution in [2.75, 3.05) is 0 Å². The first-order chi connectivity index (χ1) is 12.4. The second-order valence-electron chi connectivity index (χ2n) is 7.24. The van der Waals surface area contributed by atoms with Crippen LogP contribution in [-0.2, 0) is 6.42 Å². The molecule has 0 N–H and O–H groups in total. The monoisotopic (exact) mass is 350 g/mol. The van der Waals surface area contributed by atoms with E-state index in [1.54, 1.807) is 6.07 Å². The van der Waals surface area contributed by atoms with Gasteiger partial charge in [-0.2, -0.15) is 0 Å². The van der Waals surface area contributed by atoms with E-state index >= 15 is 0 Å². The SMILES string of the molecule is CCC(=O)c1cccc(CCC=Nc2c(C(C)C)cccc2C(C)C)n1. The average Bonchev–Trinajstić information content (AvgIpc) is 2.64. The van der Waals surface area contributed by atoms with Crippen molar-refractivity contribution >= 4 is 17.7 Å². The first-order valence-electron chi connectivity index (χ1n) is 9.58. The third kappa shape index (κ3) is 5.10. The summed E-state index contributed by atoms with van der Waals surface area (Å²) in [6.45, 7) is 10.7. The number of pyridine rings is 1. The van der Waals surface area contributed by atoms with E-state index in [9.17, 15) is 4.79 Å². The highest BCUT2D eigenvalue weighted by molar-refractivity contribution is 5.93. The summed E-state index contributed by atoms with van der Waals surface area (Å²) in [5, 5.41) is 0. The van der Waals surface area contributed by atoms with E-state index in [0.29, 0.717) is 24.0 Å². The molecule has 0 unspecified atom stereocenters. The highest BCUT2D eigenvalue weighted by Gasteiger charge is 2.12. The number of carbonyl (C=O) groups is 1. The van der Waals surface area contributed by atoms with Crippen LogP contribution in [0.5, 0.6) is 0 Å². The lowest BCUT2D eigenvalue weighted by Gasteiger charge is -2.16. The van der Waals surface area contributed by atoms with Gasteiger partial charge in [-0.25, -0.2) is 4.98 Å². The Bertz CT molecular complexity index is 749. The molecule has 0 saturated carbocycles. The van der Waals surface area contributed by atoms with Gasteiger partial charge in [-0.05, 0) is 47.9 Å². The third-order valence-electron chi connectivity index (χ3n) is 4.51. The van der Waals surface area contributed by atoms with Crippen molar-refractivity contribution in [3.8, 4) is 0 Å². The van der Waals surface area contributed by atoms with Gasteiger partial charge >= 0.3 is 0 Å². The Balaban J connectivity index is 2.13. The maximum atomic E-state index is 11.8. The van der Waals surface area contributed by atoms with Crippen LogP contribution >= 0.6 is 0 Å². The predicted octanol–water partition coefficient (Wildman–Crippen LogP) is 6.26. The number of hydrogen-bond acceptors (Lipinski definition) is 3. The van der Waals surface area contributed by atoms with Crippen LogP contribution in [0.3, 0.4) is 0 Å². The lowest BCUT2D eigenvalue weighted by Crippen LogP contribution is -2.02. The number of benzene rings is 1. The van der Waals surface area contributed by atoms with Crippen molar-refractivity contribution in [2.45, 2.75) is 65.7 Å². The summed E-state index contributed by atoms with van der Waals surface area (Å²) in [7, 11) is 0. The maximum Gasteiger partial charge on any atom is 0.180 e. The molecular formula is C23H30N2O. The van der Waals surface area contributed by atoms with Crippen molar-refractivity contribution < 1.29 is 4.79 Å². The number of aromatic nitrogens is 1. The number of carbonyl (C=O) groups excluding carboxylic acids is 1. The molecule has 138 valence electrons. The minimum atomic E-state index is 0.0907. The normalized spacial score (nSPS) is 11.7. The topological polar surface area (TPSA) is 42.3 Å². The van der Waals surface area contributed by atoms with E-state index < -0.39 is 0 Å². The van der Waals surface area contributed by atoms with E-state index in [1.165, 1.54) is 11.1 Å². The summed E-state index contributed by atoms with van der Waals surface area (Å²) < 4.78 is 0. The third-order valence-corrected chi connectivity index (χ3v) is 4.51. The highest BCUT2D eigenvalue weighted by Crippen LogP contribution is 2.34. The van der Waals surface area contributed by atoms with E-state index in [4.69, 9.17) is 4.99 Å². The van der Waals surface area contributed by atoms with Gasteiger partial charge in [0.25, 0.3) is 0 Å². The lowest BCUT2D eigenvalue weighted by molar-refractivity contribution is 0.0983. The standard InChI is InChI=1S/C23H30N2O/c1-6-22(26)21-14-7-10-18(25-21)11-9-15-24-23-19(16(2)3)12-8-13-20(23)17(4)5/h7-8,10,12-17H,6,9,11H2,1-5H3. The van der Waals surface area contributed by atoms with Crippen LogP contribution in [0.25, 0.3) is 0 Å². The molecule has 0 aliphatic carbocycles. The molecule has 0 radical (unpaired) electrons. The number of nitrogens with zero attached hydrogens (tertiary/aromatic N) is 2. The van der Waals surface area contributed by atoms with Gasteiger partial charge in [-0.15, -0.1) is 0 Å². The zero-order chi connectivity index (χ0) is 19.1. The van der Waals surface area contributed by atoms with Crippen LogP contribution in [0, 0.1) is 0 Å². The minimum absolute atomic E-state index is 0.0907. The van der Waals surface area contributed by atoms with Crippen molar-refractivity contribution in [1.29, 1.82) is 0 Å². The first-order valence-corrected chi connectivity index (χ1v) is 9.58. The fourth-order valence-corrected chi connectivity index (χ4v) is 2.98. The summed E-state index contributed by atoms with van der Waals surface area (Å²) >= 11 is 0. The Kier molecular flexibility index (Phi) is 7.26. The lowest BCUT2D eigenvalue weighted by atomic mass is 9.93. The molecule has 1 aromatic carbocycles. The zero-order valence-electron chi connectivity index (χ0n) is 16.6. The molecule has 0 bridgehead atoms. The molecule has 3 heteroatoms. The summed E-state index contributed by atoms with van der Waals surface area (Å²) in [4.78, 5) is 21.1. The first kappa shape index (κ1) is 20.0. The van der Waals surface area contributed by atoms with Gasteiger partial charge in [-0.1, -0.05) is 58.9 Å². The Hall–Kier alpha value is -2.29. The second-order valence-corrected chi connectivity index (χ2v) is 7.24. The Morgan fingerprint density at radius 3 is 2.23 bits per heavy atom. The number of rotatable bonds is 8. The summed E-state index contributed by atoms with van der Waals surface area (Å²) in [5.41, 5.74) is 5.20. The molecule has 0 saturated heterocycles. The van der Waals surface area contributed by atoms with Crippen LogP contribution in [0.4, 0.5) is 5.69 Å². The molecule has 2 rings (SSSR count). The van der Waals surface area contributed by atoms with Crippen molar-refractivity contribution in [3.63, 3.8) is 0 Å². The Labute approximate surface area is 157 Å². The number of aliphatic imine (C=N–C) groups is 1. The molecule has 26 heavy (non-hydrogen) atoms. The summed E-state index contributed by atoms with van der Waals surface area (Å²) in [6, 6.07) is 12.1. The summed E-state index contributed by atoms with van der Waals surface area (Å²) in [5.74, 6) is 0.978. The molecule has 0 atom stereocenters. The number of hydrogen-bond donors (Lipinski definition) is 0. The number of Topliss-reactive ketones (excluding diaryl/α,β-unsaturated/α-hetero) is 1. The van der Waals surface area contributed by atoms with Gasteiger partial charge in [0.05, 0.1) is 5.69 Å². The summed E-state index contributed by atoms with van der Waals surface area (Å²) in [6.07, 6.45) is 4.07.